The molecule has 1 aliphatic rings. The monoisotopic (exact) mass is 403 g/mol. The molecule has 0 fully saturated rings. The number of H-pyrrole nitrogens is 1. The van der Waals surface area contributed by atoms with Crippen LogP contribution >= 0.6 is 0 Å². The van der Waals surface area contributed by atoms with Gasteiger partial charge in [0.15, 0.2) is 0 Å². The number of aromatic nitrogens is 3. The number of benzene rings is 2. The average Bonchev–Trinajstić information content (AvgIpc) is 3.35. The lowest BCUT2D eigenvalue weighted by Gasteiger charge is -2.07. The number of rotatable bonds is 4. The molecule has 0 radical (unpaired) electrons. The predicted octanol–water partition coefficient (Wildman–Crippen LogP) is 3.78. The van der Waals surface area contributed by atoms with Crippen LogP contribution in [0, 0.1) is 6.92 Å². The third kappa shape index (κ3) is 3.07. The van der Waals surface area contributed by atoms with Crippen LogP contribution in [0.1, 0.15) is 16.7 Å². The first-order valence-corrected chi connectivity index (χ1v) is 10.5. The van der Waals surface area contributed by atoms with Crippen LogP contribution in [0.25, 0.3) is 11.0 Å². The van der Waals surface area contributed by atoms with Crippen molar-refractivity contribution in [2.24, 2.45) is 4.99 Å². The summed E-state index contributed by atoms with van der Waals surface area (Å²) in [5, 5.41) is 3.95. The van der Waals surface area contributed by atoms with Gasteiger partial charge < -0.3 is 10.3 Å². The summed E-state index contributed by atoms with van der Waals surface area (Å²) in [5.74, 6) is 0.534. The molecule has 1 aliphatic heterocycles. The second kappa shape index (κ2) is 6.52. The molecule has 0 saturated heterocycles. The second-order valence-electron chi connectivity index (χ2n) is 6.94. The summed E-state index contributed by atoms with van der Waals surface area (Å²) in [4.78, 5) is 15.9. The molecular weight excluding hydrogens is 386 g/mol. The highest BCUT2D eigenvalue weighted by Crippen LogP contribution is 2.29. The Balaban J connectivity index is 1.54. The molecule has 8 heteroatoms. The van der Waals surface area contributed by atoms with E-state index >= 15 is 0 Å². The highest BCUT2D eigenvalue weighted by atomic mass is 32.2. The van der Waals surface area contributed by atoms with Gasteiger partial charge in [-0.25, -0.2) is 18.4 Å². The van der Waals surface area contributed by atoms with Gasteiger partial charge in [0.05, 0.1) is 16.8 Å². The minimum Gasteiger partial charge on any atom is -0.340 e. The van der Waals surface area contributed by atoms with Crippen LogP contribution in [0.5, 0.6) is 0 Å². The summed E-state index contributed by atoms with van der Waals surface area (Å²) >= 11 is 0. The van der Waals surface area contributed by atoms with Gasteiger partial charge in [-0.15, -0.1) is 0 Å². The molecule has 0 unspecified atom stereocenters. The number of aliphatic imine (C=N–C) groups is 1. The number of sulfone groups is 1. The first-order valence-electron chi connectivity index (χ1n) is 9.06. The van der Waals surface area contributed by atoms with Gasteiger partial charge in [-0.3, -0.25) is 4.99 Å². The summed E-state index contributed by atoms with van der Waals surface area (Å²) in [5.41, 5.74) is 4.54. The number of hydrogen-bond donors (Lipinski definition) is 2. The number of nitrogens with one attached hydrogen (secondary N) is 2. The molecular formula is C21H17N5O2S. The van der Waals surface area contributed by atoms with Gasteiger partial charge in [-0.1, -0.05) is 23.8 Å². The van der Waals surface area contributed by atoms with Crippen molar-refractivity contribution < 1.29 is 8.42 Å². The van der Waals surface area contributed by atoms with Crippen molar-refractivity contribution >= 4 is 38.6 Å². The van der Waals surface area contributed by atoms with E-state index in [4.69, 9.17) is 0 Å². The van der Waals surface area contributed by atoms with E-state index in [0.717, 1.165) is 16.8 Å². The Hall–Kier alpha value is -3.52. The summed E-state index contributed by atoms with van der Waals surface area (Å²) in [6.07, 6.45) is 3.25. The van der Waals surface area contributed by atoms with Crippen molar-refractivity contribution in [2.45, 2.75) is 23.4 Å². The zero-order valence-corrected chi connectivity index (χ0v) is 16.4. The molecule has 7 nitrogen and oxygen atoms in total. The van der Waals surface area contributed by atoms with Crippen LogP contribution in [0.2, 0.25) is 0 Å². The predicted molar refractivity (Wildman–Crippen MR) is 112 cm³/mol. The average molecular weight is 403 g/mol. The molecule has 2 aromatic carbocycles. The number of aromatic amines is 1. The fourth-order valence-corrected chi connectivity index (χ4v) is 4.57. The van der Waals surface area contributed by atoms with Crippen LogP contribution in [0.3, 0.4) is 0 Å². The molecule has 0 bridgehead atoms. The van der Waals surface area contributed by atoms with Crippen molar-refractivity contribution in [3.8, 4) is 0 Å². The van der Waals surface area contributed by atoms with E-state index in [1.807, 2.05) is 31.3 Å². The van der Waals surface area contributed by atoms with Crippen LogP contribution in [-0.4, -0.2) is 29.6 Å². The largest absolute Gasteiger partial charge is 0.340 e. The van der Waals surface area contributed by atoms with Gasteiger partial charge in [0.2, 0.25) is 9.84 Å². The minimum absolute atomic E-state index is 0.0842. The van der Waals surface area contributed by atoms with E-state index in [1.165, 1.54) is 11.9 Å². The molecule has 144 valence electrons. The summed E-state index contributed by atoms with van der Waals surface area (Å²) in [6.45, 7) is 2.61. The van der Waals surface area contributed by atoms with Gasteiger partial charge in [0.1, 0.15) is 22.8 Å². The van der Waals surface area contributed by atoms with Crippen molar-refractivity contribution in [3.63, 3.8) is 0 Å². The Morgan fingerprint density at radius 3 is 2.69 bits per heavy atom. The van der Waals surface area contributed by atoms with Crippen molar-refractivity contribution in [1.82, 2.24) is 15.0 Å². The SMILES string of the molecule is Cc1ccc(S(=O)(=O)c2cc3c(Nc4ccc5c(c4)C=NC5)ncnc3[nH]2)cc1. The van der Waals surface area contributed by atoms with Gasteiger partial charge in [0.25, 0.3) is 0 Å². The first kappa shape index (κ1) is 17.6. The summed E-state index contributed by atoms with van der Waals surface area (Å²) in [6, 6.07) is 14.3. The molecule has 0 amide bonds. The lowest BCUT2D eigenvalue weighted by Crippen LogP contribution is -2.02. The number of aryl methyl sites for hydroxylation is 1. The molecule has 29 heavy (non-hydrogen) atoms. The van der Waals surface area contributed by atoms with E-state index in [9.17, 15) is 8.42 Å². The number of hydrogen-bond acceptors (Lipinski definition) is 6. The molecule has 3 heterocycles. The maximum atomic E-state index is 13.0. The normalized spacial score (nSPS) is 13.0. The quantitative estimate of drug-likeness (QED) is 0.540. The van der Waals surface area contributed by atoms with E-state index < -0.39 is 9.84 Å². The number of fused-ring (bicyclic) bond motifs is 2. The first-order chi connectivity index (χ1) is 14.0. The highest BCUT2D eigenvalue weighted by Gasteiger charge is 2.21. The van der Waals surface area contributed by atoms with E-state index in [0.29, 0.717) is 23.4 Å². The second-order valence-corrected chi connectivity index (χ2v) is 8.86. The van der Waals surface area contributed by atoms with Crippen molar-refractivity contribution in [1.29, 1.82) is 0 Å². The smallest absolute Gasteiger partial charge is 0.221 e. The van der Waals surface area contributed by atoms with Crippen LogP contribution in [-0.2, 0) is 16.4 Å². The molecule has 0 saturated carbocycles. The van der Waals surface area contributed by atoms with Crippen LogP contribution in [0.4, 0.5) is 11.5 Å². The zero-order valence-electron chi connectivity index (χ0n) is 15.5. The van der Waals surface area contributed by atoms with Crippen molar-refractivity contribution in [3.05, 3.63) is 71.5 Å². The van der Waals surface area contributed by atoms with Crippen LogP contribution in [0.15, 0.2) is 69.8 Å². The van der Waals surface area contributed by atoms with Crippen molar-refractivity contribution in [2.75, 3.05) is 5.32 Å². The molecule has 2 N–H and O–H groups in total. The number of nitrogens with zero attached hydrogens (tertiary/aromatic N) is 3. The number of anilines is 2. The Morgan fingerprint density at radius 1 is 1.03 bits per heavy atom. The van der Waals surface area contributed by atoms with Gasteiger partial charge in [0, 0.05) is 11.9 Å². The summed E-state index contributed by atoms with van der Waals surface area (Å²) in [7, 11) is -3.68. The Labute approximate surface area is 167 Å². The van der Waals surface area contributed by atoms with E-state index in [2.05, 4.69) is 25.3 Å². The fraction of sp³-hybridized carbons (Fsp3) is 0.0952. The van der Waals surface area contributed by atoms with Gasteiger partial charge >= 0.3 is 0 Å². The lowest BCUT2D eigenvalue weighted by atomic mass is 10.1. The van der Waals surface area contributed by atoms with Crippen LogP contribution < -0.4 is 5.32 Å². The third-order valence-electron chi connectivity index (χ3n) is 4.92. The molecule has 0 atom stereocenters. The zero-order chi connectivity index (χ0) is 20.0. The maximum Gasteiger partial charge on any atom is 0.221 e. The van der Waals surface area contributed by atoms with E-state index in [-0.39, 0.29) is 9.92 Å². The minimum atomic E-state index is -3.68. The topological polar surface area (TPSA) is 100 Å². The lowest BCUT2D eigenvalue weighted by molar-refractivity contribution is 0.593. The summed E-state index contributed by atoms with van der Waals surface area (Å²) < 4.78 is 26.0. The van der Waals surface area contributed by atoms with Gasteiger partial charge in [-0.2, -0.15) is 0 Å². The molecule has 4 aromatic rings. The Kier molecular flexibility index (Phi) is 3.95. The molecule has 0 spiro atoms. The maximum absolute atomic E-state index is 13.0. The molecule has 0 aliphatic carbocycles. The molecule has 2 aromatic heterocycles. The standard InChI is InChI=1S/C21H17N5O2S/c1-13-2-6-17(7-3-13)29(27,28)19-9-18-20(23-12-24-21(18)26-19)25-16-5-4-14-10-22-11-15(14)8-16/h2-9,11-12H,10H2,1H3,(H2,23,24,25,26). The highest BCUT2D eigenvalue weighted by molar-refractivity contribution is 7.91. The third-order valence-corrected chi connectivity index (χ3v) is 6.61. The Bertz CT molecular complexity index is 1370. The van der Waals surface area contributed by atoms with Gasteiger partial charge in [-0.05, 0) is 48.4 Å². The fourth-order valence-electron chi connectivity index (χ4n) is 3.32. The Morgan fingerprint density at radius 2 is 1.86 bits per heavy atom. The van der Waals surface area contributed by atoms with E-state index in [1.54, 1.807) is 30.3 Å². The molecule has 5 rings (SSSR count).